The highest BCUT2D eigenvalue weighted by molar-refractivity contribution is 5.71. The van der Waals surface area contributed by atoms with E-state index in [1.807, 2.05) is 67.5 Å². The van der Waals surface area contributed by atoms with Gasteiger partial charge in [-0.25, -0.2) is 0 Å². The fourth-order valence-electron chi connectivity index (χ4n) is 2.27. The molecule has 0 fully saturated rings. The summed E-state index contributed by atoms with van der Waals surface area (Å²) in [5, 5.41) is 12.4. The van der Waals surface area contributed by atoms with E-state index in [2.05, 4.69) is 5.32 Å². The largest absolute Gasteiger partial charge is 0.481 e. The van der Waals surface area contributed by atoms with E-state index >= 15 is 0 Å². The standard InChI is InChI=1S/C17H20N2O2/c1-19(2)16-10-6-5-9-15(16)18-12-14-8-4-3-7-13(14)11-17(20)21/h3-10,18H,11-12H2,1-2H3,(H,20,21). The molecule has 0 atom stereocenters. The monoisotopic (exact) mass is 284 g/mol. The summed E-state index contributed by atoms with van der Waals surface area (Å²) in [6.07, 6.45) is 0.0488. The minimum absolute atomic E-state index is 0.0488. The molecule has 2 aromatic rings. The topological polar surface area (TPSA) is 52.6 Å². The van der Waals surface area contributed by atoms with Crippen LogP contribution < -0.4 is 10.2 Å². The lowest BCUT2D eigenvalue weighted by atomic mass is 10.0. The Bertz CT molecular complexity index is 624. The highest BCUT2D eigenvalue weighted by atomic mass is 16.4. The summed E-state index contributed by atoms with van der Waals surface area (Å²) >= 11 is 0. The summed E-state index contributed by atoms with van der Waals surface area (Å²) in [5.74, 6) is -0.809. The van der Waals surface area contributed by atoms with E-state index < -0.39 is 5.97 Å². The van der Waals surface area contributed by atoms with Crippen molar-refractivity contribution in [2.24, 2.45) is 0 Å². The lowest BCUT2D eigenvalue weighted by molar-refractivity contribution is -0.136. The molecule has 0 aromatic heterocycles. The lowest BCUT2D eigenvalue weighted by Gasteiger charge is -2.19. The highest BCUT2D eigenvalue weighted by Crippen LogP contribution is 2.24. The van der Waals surface area contributed by atoms with Gasteiger partial charge in [-0.3, -0.25) is 4.79 Å². The minimum Gasteiger partial charge on any atom is -0.481 e. The van der Waals surface area contributed by atoms with Crippen LogP contribution in [-0.4, -0.2) is 25.2 Å². The molecule has 0 heterocycles. The molecule has 0 aliphatic heterocycles. The zero-order valence-electron chi connectivity index (χ0n) is 12.3. The van der Waals surface area contributed by atoms with Crippen molar-refractivity contribution in [2.75, 3.05) is 24.3 Å². The second-order valence-electron chi connectivity index (χ2n) is 5.10. The molecule has 0 aliphatic rings. The number of benzene rings is 2. The maximum Gasteiger partial charge on any atom is 0.307 e. The first-order valence-electron chi connectivity index (χ1n) is 6.86. The number of carboxylic acid groups (broad SMARTS) is 1. The molecule has 4 nitrogen and oxygen atoms in total. The van der Waals surface area contributed by atoms with Crippen LogP contribution in [0.4, 0.5) is 11.4 Å². The second-order valence-corrected chi connectivity index (χ2v) is 5.10. The van der Waals surface area contributed by atoms with E-state index in [0.717, 1.165) is 22.5 Å². The van der Waals surface area contributed by atoms with Crippen LogP contribution in [0.3, 0.4) is 0 Å². The lowest BCUT2D eigenvalue weighted by Crippen LogP contribution is -2.13. The summed E-state index contributed by atoms with van der Waals surface area (Å²) in [5.41, 5.74) is 3.99. The fourth-order valence-corrected chi connectivity index (χ4v) is 2.27. The zero-order valence-corrected chi connectivity index (χ0v) is 12.3. The van der Waals surface area contributed by atoms with E-state index in [1.54, 1.807) is 0 Å². The number of para-hydroxylation sites is 2. The van der Waals surface area contributed by atoms with Gasteiger partial charge in [0.1, 0.15) is 0 Å². The van der Waals surface area contributed by atoms with Gasteiger partial charge < -0.3 is 15.3 Å². The Morgan fingerprint density at radius 1 is 1.05 bits per heavy atom. The van der Waals surface area contributed by atoms with Gasteiger partial charge in [-0.05, 0) is 23.3 Å². The number of hydrogen-bond acceptors (Lipinski definition) is 3. The smallest absolute Gasteiger partial charge is 0.307 e. The summed E-state index contributed by atoms with van der Waals surface area (Å²) in [7, 11) is 4.00. The first-order chi connectivity index (χ1) is 10.1. The number of nitrogens with one attached hydrogen (secondary N) is 1. The van der Waals surface area contributed by atoms with Crippen molar-refractivity contribution >= 4 is 17.3 Å². The van der Waals surface area contributed by atoms with Crippen molar-refractivity contribution < 1.29 is 9.90 Å². The molecule has 0 radical (unpaired) electrons. The number of carbonyl (C=O) groups is 1. The SMILES string of the molecule is CN(C)c1ccccc1NCc1ccccc1CC(=O)O. The first kappa shape index (κ1) is 14.9. The molecule has 0 saturated heterocycles. The van der Waals surface area contributed by atoms with Crippen molar-refractivity contribution in [3.05, 3.63) is 59.7 Å². The Labute approximate surface area is 125 Å². The number of carboxylic acids is 1. The predicted molar refractivity (Wildman–Crippen MR) is 85.9 cm³/mol. The Morgan fingerprint density at radius 3 is 2.33 bits per heavy atom. The van der Waals surface area contributed by atoms with Crippen LogP contribution in [0.2, 0.25) is 0 Å². The quantitative estimate of drug-likeness (QED) is 0.856. The number of hydrogen-bond donors (Lipinski definition) is 2. The zero-order chi connectivity index (χ0) is 15.2. The van der Waals surface area contributed by atoms with E-state index in [4.69, 9.17) is 5.11 Å². The Kier molecular flexibility index (Phi) is 4.82. The average Bonchev–Trinajstić information content (AvgIpc) is 2.46. The van der Waals surface area contributed by atoms with Gasteiger partial charge in [-0.2, -0.15) is 0 Å². The Morgan fingerprint density at radius 2 is 1.67 bits per heavy atom. The van der Waals surface area contributed by atoms with E-state index in [-0.39, 0.29) is 6.42 Å². The highest BCUT2D eigenvalue weighted by Gasteiger charge is 2.07. The third-order valence-electron chi connectivity index (χ3n) is 3.32. The van der Waals surface area contributed by atoms with Gasteiger partial charge >= 0.3 is 5.97 Å². The number of rotatable bonds is 6. The van der Waals surface area contributed by atoms with Crippen molar-refractivity contribution in [1.82, 2.24) is 0 Å². The molecule has 2 N–H and O–H groups in total. The van der Waals surface area contributed by atoms with Crippen molar-refractivity contribution in [3.8, 4) is 0 Å². The average molecular weight is 284 g/mol. The van der Waals surface area contributed by atoms with Gasteiger partial charge in [0.15, 0.2) is 0 Å². The van der Waals surface area contributed by atoms with E-state index in [0.29, 0.717) is 6.54 Å². The third-order valence-corrected chi connectivity index (χ3v) is 3.32. The Hall–Kier alpha value is -2.49. The van der Waals surface area contributed by atoms with E-state index in [9.17, 15) is 4.79 Å². The van der Waals surface area contributed by atoms with Crippen molar-refractivity contribution in [2.45, 2.75) is 13.0 Å². The van der Waals surface area contributed by atoms with Crippen LogP contribution in [0, 0.1) is 0 Å². The van der Waals surface area contributed by atoms with E-state index in [1.165, 1.54) is 0 Å². The van der Waals surface area contributed by atoms with Crippen LogP contribution in [0.1, 0.15) is 11.1 Å². The van der Waals surface area contributed by atoms with Crippen LogP contribution in [0.15, 0.2) is 48.5 Å². The van der Waals surface area contributed by atoms with Gasteiger partial charge in [0.2, 0.25) is 0 Å². The molecule has 0 bridgehead atoms. The molecule has 0 unspecified atom stereocenters. The number of nitrogens with zero attached hydrogens (tertiary/aromatic N) is 1. The first-order valence-corrected chi connectivity index (χ1v) is 6.86. The van der Waals surface area contributed by atoms with Crippen molar-refractivity contribution in [1.29, 1.82) is 0 Å². The Balaban J connectivity index is 2.15. The number of aliphatic carboxylic acids is 1. The van der Waals surface area contributed by atoms with Gasteiger partial charge in [0.25, 0.3) is 0 Å². The van der Waals surface area contributed by atoms with Gasteiger partial charge in [0.05, 0.1) is 17.8 Å². The second kappa shape index (κ2) is 6.79. The van der Waals surface area contributed by atoms with Gasteiger partial charge in [-0.15, -0.1) is 0 Å². The molecule has 21 heavy (non-hydrogen) atoms. The molecule has 0 saturated carbocycles. The molecule has 0 amide bonds. The van der Waals surface area contributed by atoms with Crippen LogP contribution in [0.5, 0.6) is 0 Å². The van der Waals surface area contributed by atoms with Crippen LogP contribution >= 0.6 is 0 Å². The van der Waals surface area contributed by atoms with Gasteiger partial charge in [0, 0.05) is 20.6 Å². The third kappa shape index (κ3) is 3.99. The molecular weight excluding hydrogens is 264 g/mol. The summed E-state index contributed by atoms with van der Waals surface area (Å²) in [4.78, 5) is 13.0. The fraction of sp³-hybridized carbons (Fsp3) is 0.235. The minimum atomic E-state index is -0.809. The molecule has 110 valence electrons. The van der Waals surface area contributed by atoms with Crippen LogP contribution in [0.25, 0.3) is 0 Å². The molecule has 2 aromatic carbocycles. The summed E-state index contributed by atoms with van der Waals surface area (Å²) < 4.78 is 0. The molecule has 0 spiro atoms. The molecule has 4 heteroatoms. The summed E-state index contributed by atoms with van der Waals surface area (Å²) in [6, 6.07) is 15.7. The maximum absolute atomic E-state index is 10.9. The number of anilines is 2. The molecule has 2 rings (SSSR count). The normalized spacial score (nSPS) is 10.2. The molecule has 0 aliphatic carbocycles. The van der Waals surface area contributed by atoms with Gasteiger partial charge in [-0.1, -0.05) is 36.4 Å². The maximum atomic E-state index is 10.9. The summed E-state index contributed by atoms with van der Waals surface area (Å²) in [6.45, 7) is 0.605. The predicted octanol–water partition coefficient (Wildman–Crippen LogP) is 2.99. The van der Waals surface area contributed by atoms with Crippen LogP contribution in [-0.2, 0) is 17.8 Å². The van der Waals surface area contributed by atoms with Crippen molar-refractivity contribution in [3.63, 3.8) is 0 Å². The molecular formula is C17H20N2O2.